The van der Waals surface area contributed by atoms with Gasteiger partial charge < -0.3 is 9.84 Å². The molecule has 0 rings (SSSR count). The molecule has 0 aromatic carbocycles. The number of hydrogen-bond acceptors (Lipinski definition) is 2. The maximum absolute atomic E-state index is 12.6. The van der Waals surface area contributed by atoms with Gasteiger partial charge in [0, 0.05) is 6.61 Å². The molecule has 0 aromatic rings. The van der Waals surface area contributed by atoms with E-state index in [4.69, 9.17) is 5.11 Å². The summed E-state index contributed by atoms with van der Waals surface area (Å²) in [6, 6.07) is 0. The average Bonchev–Trinajstić information content (AvgIpc) is 2.12. The highest BCUT2D eigenvalue weighted by Gasteiger charge is 2.73. The van der Waals surface area contributed by atoms with E-state index >= 15 is 0 Å². The first kappa shape index (κ1) is 17.0. The Morgan fingerprint density at radius 1 is 1.11 bits per heavy atom. The molecule has 0 aliphatic rings. The van der Waals surface area contributed by atoms with E-state index in [1.807, 2.05) is 0 Å². The van der Waals surface area contributed by atoms with E-state index in [0.29, 0.717) is 6.42 Å². The van der Waals surface area contributed by atoms with Crippen molar-refractivity contribution in [1.82, 2.24) is 0 Å². The van der Waals surface area contributed by atoms with Gasteiger partial charge in [0.1, 0.15) is 0 Å². The Hall–Kier alpha value is -0.990. The number of alkyl halides is 6. The quantitative estimate of drug-likeness (QED) is 0.601. The lowest BCUT2D eigenvalue weighted by Gasteiger charge is -2.35. The molecular weight excluding hydrogens is 270 g/mol. The van der Waals surface area contributed by atoms with Gasteiger partial charge in [-0.15, -0.1) is 0 Å². The fourth-order valence-corrected chi connectivity index (χ4v) is 1.18. The second kappa shape index (κ2) is 5.77. The van der Waals surface area contributed by atoms with E-state index in [1.165, 1.54) is 0 Å². The molecule has 0 aliphatic heterocycles. The summed E-state index contributed by atoms with van der Waals surface area (Å²) >= 11 is 0. The predicted molar refractivity (Wildman–Crippen MR) is 48.0 cm³/mol. The third kappa shape index (κ3) is 3.76. The van der Waals surface area contributed by atoms with E-state index < -0.39 is 37.0 Å². The number of rotatable bonds is 6. The Bertz CT molecular complexity index is 269. The van der Waals surface area contributed by atoms with Crippen LogP contribution >= 0.6 is 0 Å². The number of carboxylic acid groups (broad SMARTS) is 1. The average molecular weight is 282 g/mol. The maximum Gasteiger partial charge on any atom is 0.427 e. The third-order valence-electron chi connectivity index (χ3n) is 2.16. The number of unbranched alkanes of at least 4 members (excludes halogenated alkanes) is 1. The van der Waals surface area contributed by atoms with E-state index in [9.17, 15) is 31.1 Å². The van der Waals surface area contributed by atoms with Gasteiger partial charge in [0.05, 0.1) is 6.42 Å². The van der Waals surface area contributed by atoms with Gasteiger partial charge in [-0.05, 0) is 6.42 Å². The normalized spacial score (nSPS) is 13.7. The van der Waals surface area contributed by atoms with Gasteiger partial charge in [0.25, 0.3) is 5.60 Å². The second-order valence-corrected chi connectivity index (χ2v) is 3.60. The minimum atomic E-state index is -5.85. The van der Waals surface area contributed by atoms with E-state index in [-0.39, 0.29) is 6.42 Å². The molecule has 9 heteroatoms. The lowest BCUT2D eigenvalue weighted by atomic mass is 9.97. The molecule has 0 atom stereocenters. The highest BCUT2D eigenvalue weighted by Crippen LogP contribution is 2.48. The zero-order valence-corrected chi connectivity index (χ0v) is 9.36. The van der Waals surface area contributed by atoms with Crippen LogP contribution in [-0.2, 0) is 9.53 Å². The fraction of sp³-hybridized carbons (Fsp3) is 0.889. The van der Waals surface area contributed by atoms with Crippen molar-refractivity contribution < 1.29 is 41.0 Å². The Balaban J connectivity index is 5.35. The minimum absolute atomic E-state index is 0.0342. The van der Waals surface area contributed by atoms with Crippen LogP contribution in [0.4, 0.5) is 26.3 Å². The van der Waals surface area contributed by atoms with Crippen molar-refractivity contribution in [2.75, 3.05) is 6.61 Å². The molecule has 0 spiro atoms. The highest BCUT2D eigenvalue weighted by molar-refractivity contribution is 5.68. The van der Waals surface area contributed by atoms with Crippen LogP contribution in [0, 0.1) is 0 Å². The standard InChI is InChI=1S/C9H12F6O3/c1-2-3-4-18-7(5-6(16)17,8(10,11)12)9(13,14)15/h2-5H2,1H3,(H,16,17). The van der Waals surface area contributed by atoms with Crippen molar-refractivity contribution in [3.05, 3.63) is 0 Å². The smallest absolute Gasteiger partial charge is 0.427 e. The fourth-order valence-electron chi connectivity index (χ4n) is 1.18. The third-order valence-corrected chi connectivity index (χ3v) is 2.16. The summed E-state index contributed by atoms with van der Waals surface area (Å²) in [4.78, 5) is 10.3. The number of carbonyl (C=O) groups is 1. The molecule has 18 heavy (non-hydrogen) atoms. The molecular formula is C9H12F6O3. The number of carboxylic acids is 1. The van der Waals surface area contributed by atoms with Crippen LogP contribution in [0.3, 0.4) is 0 Å². The van der Waals surface area contributed by atoms with Crippen LogP contribution in [0.15, 0.2) is 0 Å². The molecule has 0 aliphatic carbocycles. The Labute approximate surface area is 98.7 Å². The number of aliphatic carboxylic acids is 1. The largest absolute Gasteiger partial charge is 0.481 e. The first-order chi connectivity index (χ1) is 7.98. The molecule has 108 valence electrons. The molecule has 0 saturated carbocycles. The SMILES string of the molecule is CCCCOC(CC(=O)O)(C(F)(F)F)C(F)(F)F. The van der Waals surface area contributed by atoms with E-state index in [0.717, 1.165) is 0 Å². The van der Waals surface area contributed by atoms with Gasteiger partial charge in [-0.3, -0.25) is 4.79 Å². The zero-order valence-electron chi connectivity index (χ0n) is 9.36. The minimum Gasteiger partial charge on any atom is -0.481 e. The molecule has 0 bridgehead atoms. The molecule has 3 nitrogen and oxygen atoms in total. The molecule has 0 aromatic heterocycles. The van der Waals surface area contributed by atoms with Crippen LogP contribution < -0.4 is 0 Å². The molecule has 0 saturated heterocycles. The van der Waals surface area contributed by atoms with Crippen molar-refractivity contribution in [3.8, 4) is 0 Å². The van der Waals surface area contributed by atoms with Gasteiger partial charge in [0.15, 0.2) is 0 Å². The van der Waals surface area contributed by atoms with Gasteiger partial charge in [0.2, 0.25) is 0 Å². The summed E-state index contributed by atoms with van der Waals surface area (Å²) in [7, 11) is 0. The topological polar surface area (TPSA) is 46.5 Å². The van der Waals surface area contributed by atoms with Crippen LogP contribution in [0.25, 0.3) is 0 Å². The highest BCUT2D eigenvalue weighted by atomic mass is 19.4. The van der Waals surface area contributed by atoms with Gasteiger partial charge in [-0.25, -0.2) is 0 Å². The molecule has 0 fully saturated rings. The molecule has 1 N–H and O–H groups in total. The molecule has 0 amide bonds. The van der Waals surface area contributed by atoms with E-state index in [1.54, 1.807) is 6.92 Å². The number of halogens is 6. The van der Waals surface area contributed by atoms with Crippen molar-refractivity contribution >= 4 is 5.97 Å². The van der Waals surface area contributed by atoms with Crippen molar-refractivity contribution in [2.45, 2.75) is 44.1 Å². The van der Waals surface area contributed by atoms with Gasteiger partial charge >= 0.3 is 18.3 Å². The lowest BCUT2D eigenvalue weighted by Crippen LogP contribution is -2.60. The van der Waals surface area contributed by atoms with Crippen molar-refractivity contribution in [1.29, 1.82) is 0 Å². The summed E-state index contributed by atoms with van der Waals surface area (Å²) in [5.74, 6) is -2.24. The monoisotopic (exact) mass is 282 g/mol. The van der Waals surface area contributed by atoms with Crippen molar-refractivity contribution in [2.24, 2.45) is 0 Å². The van der Waals surface area contributed by atoms with Crippen molar-refractivity contribution in [3.63, 3.8) is 0 Å². The van der Waals surface area contributed by atoms with E-state index in [2.05, 4.69) is 4.74 Å². The summed E-state index contributed by atoms with van der Waals surface area (Å²) in [6.07, 6.45) is -13.6. The zero-order chi connectivity index (χ0) is 14.6. The molecule has 0 heterocycles. The Kier molecular flexibility index (Phi) is 5.45. The summed E-state index contributed by atoms with van der Waals surface area (Å²) in [6.45, 7) is 0.728. The Morgan fingerprint density at radius 2 is 1.56 bits per heavy atom. The summed E-state index contributed by atoms with van der Waals surface area (Å²) in [5.41, 5.74) is -4.65. The van der Waals surface area contributed by atoms with Crippen LogP contribution in [-0.4, -0.2) is 35.6 Å². The molecule has 0 radical (unpaired) electrons. The predicted octanol–water partition coefficient (Wildman–Crippen LogP) is 3.14. The molecule has 0 unspecified atom stereocenters. The second-order valence-electron chi connectivity index (χ2n) is 3.60. The lowest BCUT2D eigenvalue weighted by molar-refractivity contribution is -0.381. The van der Waals surface area contributed by atoms with Crippen LogP contribution in [0.1, 0.15) is 26.2 Å². The van der Waals surface area contributed by atoms with Crippen LogP contribution in [0.5, 0.6) is 0 Å². The summed E-state index contributed by atoms with van der Waals surface area (Å²) < 4.78 is 79.2. The van der Waals surface area contributed by atoms with Gasteiger partial charge in [-0.2, -0.15) is 26.3 Å². The number of hydrogen-bond donors (Lipinski definition) is 1. The van der Waals surface area contributed by atoms with Crippen LogP contribution in [0.2, 0.25) is 0 Å². The summed E-state index contributed by atoms with van der Waals surface area (Å²) in [5, 5.41) is 8.25. The maximum atomic E-state index is 12.6. The Morgan fingerprint density at radius 3 is 1.83 bits per heavy atom. The number of ether oxygens (including phenoxy) is 1. The first-order valence-electron chi connectivity index (χ1n) is 4.97. The van der Waals surface area contributed by atoms with Gasteiger partial charge in [-0.1, -0.05) is 13.3 Å². The first-order valence-corrected chi connectivity index (χ1v) is 4.97.